The van der Waals surface area contributed by atoms with E-state index in [1.54, 1.807) is 36.7 Å². The Morgan fingerprint density at radius 1 is 1.00 bits per heavy atom. The molecule has 4 aromatic rings. The molecule has 3 heterocycles. The fourth-order valence-electron chi connectivity index (χ4n) is 4.64. The second-order valence-corrected chi connectivity index (χ2v) is 10.6. The molecule has 39 heavy (non-hydrogen) atoms. The number of esters is 1. The van der Waals surface area contributed by atoms with Crippen molar-refractivity contribution < 1.29 is 23.9 Å². The first-order valence-electron chi connectivity index (χ1n) is 12.7. The Kier molecular flexibility index (Phi) is 7.79. The van der Waals surface area contributed by atoms with E-state index >= 15 is 0 Å². The normalized spacial score (nSPS) is 14.2. The zero-order chi connectivity index (χ0) is 27.4. The number of carbonyl (C=O) groups excluding carboxylic acids is 4. The van der Waals surface area contributed by atoms with Gasteiger partial charge < -0.3 is 10.1 Å². The summed E-state index contributed by atoms with van der Waals surface area (Å²) in [5.41, 5.74) is 1.55. The van der Waals surface area contributed by atoms with Crippen LogP contribution >= 0.6 is 11.3 Å². The quantitative estimate of drug-likeness (QED) is 0.216. The summed E-state index contributed by atoms with van der Waals surface area (Å²) in [7, 11) is 0. The van der Waals surface area contributed by atoms with Gasteiger partial charge in [-0.05, 0) is 47.6 Å². The van der Waals surface area contributed by atoms with Gasteiger partial charge in [-0.1, -0.05) is 49.4 Å². The Morgan fingerprint density at radius 3 is 2.38 bits per heavy atom. The SMILES string of the molecule is CC(CCC(=O)OCc1ccccc1)C(CN1C(=O)c2ccccc2C1=O)C(=O)Nc1cc2ccncc2s1. The molecule has 0 saturated carbocycles. The number of fused-ring (bicyclic) bond motifs is 2. The van der Waals surface area contributed by atoms with Gasteiger partial charge in [0, 0.05) is 25.4 Å². The van der Waals surface area contributed by atoms with Gasteiger partial charge in [0.25, 0.3) is 11.8 Å². The summed E-state index contributed by atoms with van der Waals surface area (Å²) in [4.78, 5) is 57.4. The van der Waals surface area contributed by atoms with Crippen molar-refractivity contribution in [2.24, 2.45) is 11.8 Å². The molecule has 9 heteroatoms. The topological polar surface area (TPSA) is 106 Å². The number of rotatable bonds is 10. The molecule has 3 amide bonds. The van der Waals surface area contributed by atoms with Crippen molar-refractivity contribution in [3.05, 3.63) is 95.8 Å². The van der Waals surface area contributed by atoms with Crippen molar-refractivity contribution >= 4 is 50.1 Å². The molecule has 5 rings (SSSR count). The van der Waals surface area contributed by atoms with E-state index in [9.17, 15) is 19.2 Å². The Labute approximate surface area is 229 Å². The van der Waals surface area contributed by atoms with Crippen LogP contribution in [0.15, 0.2) is 79.1 Å². The van der Waals surface area contributed by atoms with Crippen LogP contribution in [-0.2, 0) is 20.9 Å². The van der Waals surface area contributed by atoms with E-state index in [-0.39, 0.29) is 37.4 Å². The Morgan fingerprint density at radius 2 is 1.69 bits per heavy atom. The summed E-state index contributed by atoms with van der Waals surface area (Å²) in [5, 5.41) is 4.56. The highest BCUT2D eigenvalue weighted by Crippen LogP contribution is 2.31. The van der Waals surface area contributed by atoms with Gasteiger partial charge in [-0.3, -0.25) is 29.1 Å². The standard InChI is InChI=1S/C30H27N3O5S/c1-19(11-12-27(34)38-18-20-7-3-2-4-8-20)24(17-33-29(36)22-9-5-6-10-23(22)30(33)37)28(35)32-26-15-21-13-14-31-16-25(21)39-26/h2-10,13-16,19,24H,11-12,17-18H2,1H3,(H,32,35). The zero-order valence-corrected chi connectivity index (χ0v) is 22.1. The van der Waals surface area contributed by atoms with Crippen LogP contribution in [0.5, 0.6) is 0 Å². The predicted octanol–water partition coefficient (Wildman–Crippen LogP) is 5.31. The van der Waals surface area contributed by atoms with Crippen LogP contribution in [0.4, 0.5) is 5.00 Å². The molecular formula is C30H27N3O5S. The molecule has 0 radical (unpaired) electrons. The zero-order valence-electron chi connectivity index (χ0n) is 21.3. The molecule has 1 N–H and O–H groups in total. The smallest absolute Gasteiger partial charge is 0.306 e. The average molecular weight is 542 g/mol. The molecule has 8 nitrogen and oxygen atoms in total. The van der Waals surface area contributed by atoms with E-state index in [4.69, 9.17) is 4.74 Å². The van der Waals surface area contributed by atoms with Crippen LogP contribution in [0.2, 0.25) is 0 Å². The van der Waals surface area contributed by atoms with E-state index in [2.05, 4.69) is 10.3 Å². The molecule has 0 spiro atoms. The maximum absolute atomic E-state index is 13.6. The van der Waals surface area contributed by atoms with Crippen molar-refractivity contribution in [2.75, 3.05) is 11.9 Å². The van der Waals surface area contributed by atoms with Crippen molar-refractivity contribution in [1.82, 2.24) is 9.88 Å². The van der Waals surface area contributed by atoms with E-state index in [0.717, 1.165) is 20.5 Å². The van der Waals surface area contributed by atoms with Crippen molar-refractivity contribution in [2.45, 2.75) is 26.4 Å². The van der Waals surface area contributed by atoms with E-state index < -0.39 is 17.7 Å². The lowest BCUT2D eigenvalue weighted by Crippen LogP contribution is -2.41. The minimum Gasteiger partial charge on any atom is -0.461 e. The summed E-state index contributed by atoms with van der Waals surface area (Å²) in [5.74, 6) is -2.60. The fourth-order valence-corrected chi connectivity index (χ4v) is 5.57. The van der Waals surface area contributed by atoms with Crippen LogP contribution in [0.3, 0.4) is 0 Å². The largest absolute Gasteiger partial charge is 0.461 e. The molecule has 0 saturated heterocycles. The summed E-state index contributed by atoms with van der Waals surface area (Å²) >= 11 is 1.40. The lowest BCUT2D eigenvalue weighted by Gasteiger charge is -2.26. The van der Waals surface area contributed by atoms with Crippen molar-refractivity contribution in [3.8, 4) is 0 Å². The molecular weight excluding hydrogens is 514 g/mol. The van der Waals surface area contributed by atoms with Gasteiger partial charge in [-0.2, -0.15) is 0 Å². The van der Waals surface area contributed by atoms with Gasteiger partial charge in [0.05, 0.1) is 26.7 Å². The predicted molar refractivity (Wildman–Crippen MR) is 148 cm³/mol. The van der Waals surface area contributed by atoms with E-state index in [1.165, 1.54) is 11.3 Å². The molecule has 0 bridgehead atoms. The van der Waals surface area contributed by atoms with Gasteiger partial charge in [0.15, 0.2) is 0 Å². The number of ether oxygens (including phenoxy) is 1. The summed E-state index contributed by atoms with van der Waals surface area (Å²) < 4.78 is 6.33. The van der Waals surface area contributed by atoms with Crippen LogP contribution < -0.4 is 5.32 Å². The molecule has 2 aromatic carbocycles. The van der Waals surface area contributed by atoms with Crippen LogP contribution in [0.25, 0.3) is 10.1 Å². The molecule has 198 valence electrons. The van der Waals surface area contributed by atoms with Crippen LogP contribution in [0.1, 0.15) is 46.0 Å². The third-order valence-electron chi connectivity index (χ3n) is 6.90. The van der Waals surface area contributed by atoms with Gasteiger partial charge in [0.1, 0.15) is 6.61 Å². The molecule has 0 fully saturated rings. The highest BCUT2D eigenvalue weighted by molar-refractivity contribution is 7.22. The van der Waals surface area contributed by atoms with Crippen molar-refractivity contribution in [1.29, 1.82) is 0 Å². The monoisotopic (exact) mass is 541 g/mol. The third-order valence-corrected chi connectivity index (χ3v) is 7.90. The Bertz CT molecular complexity index is 1470. The number of carbonyl (C=O) groups is 4. The van der Waals surface area contributed by atoms with E-state index in [1.807, 2.05) is 49.4 Å². The number of pyridine rings is 1. The molecule has 1 aliphatic heterocycles. The number of amides is 3. The third kappa shape index (κ3) is 5.88. The average Bonchev–Trinajstić information content (AvgIpc) is 3.47. The van der Waals surface area contributed by atoms with Crippen LogP contribution in [0, 0.1) is 11.8 Å². The van der Waals surface area contributed by atoms with Gasteiger partial charge in [-0.15, -0.1) is 11.3 Å². The number of thiophene rings is 1. The van der Waals surface area contributed by atoms with Gasteiger partial charge in [-0.25, -0.2) is 0 Å². The lowest BCUT2D eigenvalue weighted by molar-refractivity contribution is -0.145. The second kappa shape index (κ2) is 11.6. The molecule has 2 unspecified atom stereocenters. The summed E-state index contributed by atoms with van der Waals surface area (Å²) in [6.07, 6.45) is 3.87. The highest BCUT2D eigenvalue weighted by Gasteiger charge is 2.39. The number of hydrogen-bond acceptors (Lipinski definition) is 7. The fraction of sp³-hybridized carbons (Fsp3) is 0.233. The molecule has 1 aliphatic rings. The van der Waals surface area contributed by atoms with Crippen molar-refractivity contribution in [3.63, 3.8) is 0 Å². The summed E-state index contributed by atoms with van der Waals surface area (Å²) in [6, 6.07) is 19.8. The summed E-state index contributed by atoms with van der Waals surface area (Å²) in [6.45, 7) is 1.93. The molecule has 0 aliphatic carbocycles. The first-order valence-corrected chi connectivity index (χ1v) is 13.5. The van der Waals surface area contributed by atoms with Gasteiger partial charge in [0.2, 0.25) is 5.91 Å². The first-order chi connectivity index (χ1) is 18.9. The molecule has 2 atom stereocenters. The number of imide groups is 1. The Balaban J connectivity index is 1.29. The molecule has 2 aromatic heterocycles. The number of benzene rings is 2. The van der Waals surface area contributed by atoms with E-state index in [0.29, 0.717) is 22.5 Å². The van der Waals surface area contributed by atoms with Gasteiger partial charge >= 0.3 is 5.97 Å². The first kappa shape index (κ1) is 26.2. The maximum Gasteiger partial charge on any atom is 0.306 e. The second-order valence-electron chi connectivity index (χ2n) is 9.55. The number of nitrogens with one attached hydrogen (secondary N) is 1. The number of aromatic nitrogens is 1. The maximum atomic E-state index is 13.6. The minimum atomic E-state index is -0.738. The number of nitrogens with zero attached hydrogens (tertiary/aromatic N) is 2. The highest BCUT2D eigenvalue weighted by atomic mass is 32.1. The number of hydrogen-bond donors (Lipinski definition) is 1. The lowest BCUT2D eigenvalue weighted by atomic mass is 9.88. The van der Waals surface area contributed by atoms with Crippen LogP contribution in [-0.4, -0.2) is 40.1 Å². The Hall–Kier alpha value is -4.37. The minimum absolute atomic E-state index is 0.0924. The number of anilines is 1.